The summed E-state index contributed by atoms with van der Waals surface area (Å²) >= 11 is 0. The molecule has 6 nitrogen and oxygen atoms in total. The minimum atomic E-state index is -3.50. The molecule has 0 saturated heterocycles. The molecule has 0 bridgehead atoms. The zero-order valence-electron chi connectivity index (χ0n) is 10.2. The molecule has 100 valence electrons. The van der Waals surface area contributed by atoms with Gasteiger partial charge in [-0.25, -0.2) is 18.1 Å². The molecule has 0 amide bonds. The highest BCUT2D eigenvalue weighted by Crippen LogP contribution is 2.19. The molecule has 0 atom stereocenters. The highest BCUT2D eigenvalue weighted by Gasteiger charge is 2.18. The van der Waals surface area contributed by atoms with Crippen molar-refractivity contribution in [1.82, 2.24) is 20.0 Å². The van der Waals surface area contributed by atoms with Crippen molar-refractivity contribution in [3.8, 4) is 0 Å². The van der Waals surface area contributed by atoms with Gasteiger partial charge in [0.15, 0.2) is 0 Å². The number of benzene rings is 1. The van der Waals surface area contributed by atoms with Crippen LogP contribution in [0.3, 0.4) is 0 Å². The molecule has 0 radical (unpaired) electrons. The van der Waals surface area contributed by atoms with E-state index in [4.69, 9.17) is 0 Å². The first kappa shape index (κ1) is 12.3. The van der Waals surface area contributed by atoms with Gasteiger partial charge in [-0.3, -0.25) is 0 Å². The van der Waals surface area contributed by atoms with E-state index in [1.165, 1.54) is 0 Å². The topological polar surface area (TPSA) is 86.9 Å². The molecule has 0 spiro atoms. The van der Waals surface area contributed by atoms with Crippen LogP contribution < -0.4 is 10.0 Å². The summed E-state index contributed by atoms with van der Waals surface area (Å²) in [6.07, 6.45) is 3.25. The van der Waals surface area contributed by atoms with Gasteiger partial charge in [-0.2, -0.15) is 0 Å². The fourth-order valence-corrected chi connectivity index (χ4v) is 3.12. The lowest BCUT2D eigenvalue weighted by Gasteiger charge is -2.07. The number of fused-ring (bicyclic) bond motifs is 1. The molecule has 0 fully saturated rings. The number of imidazole rings is 1. The molecule has 7 heteroatoms. The summed E-state index contributed by atoms with van der Waals surface area (Å²) in [4.78, 5) is 7.13. The standard InChI is InChI=1S/C12H14N4O2S/c17-19(18,16-8-12-14-3-4-15-12)11-2-1-9-6-13-7-10(9)5-11/h1-5,13,16H,6-8H2,(H,14,15). The maximum Gasteiger partial charge on any atom is 0.240 e. The van der Waals surface area contributed by atoms with Crippen LogP contribution in [-0.4, -0.2) is 18.4 Å². The molecule has 0 saturated carbocycles. The average Bonchev–Trinajstić information content (AvgIpc) is 3.06. The first-order chi connectivity index (χ1) is 9.15. The van der Waals surface area contributed by atoms with Gasteiger partial charge in [0, 0.05) is 25.5 Å². The van der Waals surface area contributed by atoms with Crippen molar-refractivity contribution in [3.05, 3.63) is 47.5 Å². The summed E-state index contributed by atoms with van der Waals surface area (Å²) < 4.78 is 26.8. The number of aromatic nitrogens is 2. The molecule has 1 aliphatic rings. The maximum atomic E-state index is 12.2. The predicted octanol–water partition coefficient (Wildman–Crippen LogP) is 0.491. The Morgan fingerprint density at radius 2 is 2.11 bits per heavy atom. The van der Waals surface area contributed by atoms with E-state index in [0.29, 0.717) is 10.7 Å². The van der Waals surface area contributed by atoms with E-state index in [1.54, 1.807) is 24.5 Å². The van der Waals surface area contributed by atoms with Crippen LogP contribution in [0, 0.1) is 0 Å². The lowest BCUT2D eigenvalue weighted by molar-refractivity contribution is 0.579. The third-order valence-corrected chi connectivity index (χ3v) is 4.50. The zero-order chi connectivity index (χ0) is 13.3. The van der Waals surface area contributed by atoms with Gasteiger partial charge in [-0.05, 0) is 23.3 Å². The van der Waals surface area contributed by atoms with Crippen molar-refractivity contribution < 1.29 is 8.42 Å². The van der Waals surface area contributed by atoms with Gasteiger partial charge in [-0.1, -0.05) is 6.07 Å². The summed E-state index contributed by atoms with van der Waals surface area (Å²) in [6, 6.07) is 5.22. The Bertz CT molecular complexity index is 680. The molecule has 2 heterocycles. The van der Waals surface area contributed by atoms with E-state index >= 15 is 0 Å². The molecule has 1 aliphatic heterocycles. The Kier molecular flexibility index (Phi) is 3.09. The Morgan fingerprint density at radius 3 is 2.89 bits per heavy atom. The molecule has 3 rings (SSSR count). The fraction of sp³-hybridized carbons (Fsp3) is 0.250. The van der Waals surface area contributed by atoms with E-state index in [1.807, 2.05) is 6.07 Å². The lowest BCUT2D eigenvalue weighted by Crippen LogP contribution is -2.24. The molecule has 0 unspecified atom stereocenters. The molecule has 1 aromatic carbocycles. The highest BCUT2D eigenvalue weighted by atomic mass is 32.2. The molecular formula is C12H14N4O2S. The van der Waals surface area contributed by atoms with Crippen LogP contribution in [0.25, 0.3) is 0 Å². The fourth-order valence-electron chi connectivity index (χ4n) is 2.08. The van der Waals surface area contributed by atoms with Crippen molar-refractivity contribution in [1.29, 1.82) is 0 Å². The van der Waals surface area contributed by atoms with Crippen molar-refractivity contribution >= 4 is 10.0 Å². The largest absolute Gasteiger partial charge is 0.347 e. The van der Waals surface area contributed by atoms with E-state index in [-0.39, 0.29) is 6.54 Å². The van der Waals surface area contributed by atoms with Gasteiger partial charge in [0.2, 0.25) is 10.0 Å². The van der Waals surface area contributed by atoms with Crippen LogP contribution in [0.4, 0.5) is 0 Å². The number of aromatic amines is 1. The van der Waals surface area contributed by atoms with Gasteiger partial charge in [0.1, 0.15) is 5.82 Å². The van der Waals surface area contributed by atoms with Crippen LogP contribution in [-0.2, 0) is 29.7 Å². The van der Waals surface area contributed by atoms with Crippen LogP contribution in [0.5, 0.6) is 0 Å². The monoisotopic (exact) mass is 278 g/mol. The van der Waals surface area contributed by atoms with Gasteiger partial charge >= 0.3 is 0 Å². The Hall–Kier alpha value is -1.70. The third-order valence-electron chi connectivity index (χ3n) is 3.10. The van der Waals surface area contributed by atoms with Crippen molar-refractivity contribution in [2.24, 2.45) is 0 Å². The number of hydrogen-bond acceptors (Lipinski definition) is 4. The third kappa shape index (κ3) is 2.53. The molecule has 19 heavy (non-hydrogen) atoms. The SMILES string of the molecule is O=S(=O)(NCc1ncc[nH]1)c1ccc2c(c1)CNC2. The average molecular weight is 278 g/mol. The van der Waals surface area contributed by atoms with Gasteiger partial charge < -0.3 is 10.3 Å². The number of nitrogens with zero attached hydrogens (tertiary/aromatic N) is 1. The van der Waals surface area contributed by atoms with Crippen LogP contribution in [0.1, 0.15) is 17.0 Å². The zero-order valence-corrected chi connectivity index (χ0v) is 11.0. The van der Waals surface area contributed by atoms with E-state index in [2.05, 4.69) is 20.0 Å². The second-order valence-electron chi connectivity index (χ2n) is 4.39. The Labute approximate surface area is 111 Å². The summed E-state index contributed by atoms with van der Waals surface area (Å²) in [7, 11) is -3.50. The number of H-pyrrole nitrogens is 1. The van der Waals surface area contributed by atoms with E-state index < -0.39 is 10.0 Å². The lowest BCUT2D eigenvalue weighted by atomic mass is 10.1. The van der Waals surface area contributed by atoms with E-state index in [0.717, 1.165) is 24.2 Å². The van der Waals surface area contributed by atoms with Gasteiger partial charge in [-0.15, -0.1) is 0 Å². The first-order valence-electron chi connectivity index (χ1n) is 5.95. The number of hydrogen-bond donors (Lipinski definition) is 3. The molecule has 0 aliphatic carbocycles. The molecule has 1 aromatic heterocycles. The Morgan fingerprint density at radius 1 is 1.26 bits per heavy atom. The van der Waals surface area contributed by atoms with Crippen molar-refractivity contribution in [3.63, 3.8) is 0 Å². The van der Waals surface area contributed by atoms with Gasteiger partial charge in [0.25, 0.3) is 0 Å². The van der Waals surface area contributed by atoms with E-state index in [9.17, 15) is 8.42 Å². The minimum absolute atomic E-state index is 0.157. The van der Waals surface area contributed by atoms with Crippen LogP contribution >= 0.6 is 0 Å². The second-order valence-corrected chi connectivity index (χ2v) is 6.16. The van der Waals surface area contributed by atoms with Crippen LogP contribution in [0.2, 0.25) is 0 Å². The number of sulfonamides is 1. The summed E-state index contributed by atoms with van der Waals surface area (Å²) in [5, 5.41) is 3.19. The smallest absolute Gasteiger partial charge is 0.240 e. The quantitative estimate of drug-likeness (QED) is 0.759. The number of nitrogens with one attached hydrogen (secondary N) is 3. The van der Waals surface area contributed by atoms with Crippen LogP contribution in [0.15, 0.2) is 35.5 Å². The summed E-state index contributed by atoms with van der Waals surface area (Å²) in [5.41, 5.74) is 2.20. The molecule has 2 aromatic rings. The van der Waals surface area contributed by atoms with Gasteiger partial charge in [0.05, 0.1) is 11.4 Å². The summed E-state index contributed by atoms with van der Waals surface area (Å²) in [5.74, 6) is 0.589. The maximum absolute atomic E-state index is 12.2. The first-order valence-corrected chi connectivity index (χ1v) is 7.44. The minimum Gasteiger partial charge on any atom is -0.347 e. The molecule has 3 N–H and O–H groups in total. The number of rotatable bonds is 4. The highest BCUT2D eigenvalue weighted by molar-refractivity contribution is 7.89. The second kappa shape index (κ2) is 4.76. The van der Waals surface area contributed by atoms with Crippen molar-refractivity contribution in [2.45, 2.75) is 24.5 Å². The predicted molar refractivity (Wildman–Crippen MR) is 69.6 cm³/mol. The summed E-state index contributed by atoms with van der Waals surface area (Å²) in [6.45, 7) is 1.68. The molecular weight excluding hydrogens is 264 g/mol. The normalized spacial score (nSPS) is 14.5. The Balaban J connectivity index is 1.80. The van der Waals surface area contributed by atoms with Crippen molar-refractivity contribution in [2.75, 3.05) is 0 Å².